The maximum absolute atomic E-state index is 11.9. The van der Waals surface area contributed by atoms with Gasteiger partial charge in [-0.3, -0.25) is 4.79 Å². The Labute approximate surface area is 110 Å². The van der Waals surface area contributed by atoms with E-state index in [1.807, 2.05) is 6.92 Å². The minimum atomic E-state index is -1.03. The number of pyridine rings is 1. The van der Waals surface area contributed by atoms with Crippen molar-refractivity contribution in [3.63, 3.8) is 0 Å². The maximum Gasteiger partial charge on any atom is 0.189 e. The Bertz CT molecular complexity index is 636. The highest BCUT2D eigenvalue weighted by atomic mass is 16.3. The van der Waals surface area contributed by atoms with E-state index in [9.17, 15) is 15.0 Å². The number of aromatic amines is 1. The van der Waals surface area contributed by atoms with E-state index in [2.05, 4.69) is 4.98 Å². The summed E-state index contributed by atoms with van der Waals surface area (Å²) in [6.45, 7) is 2.11. The first-order valence-electron chi connectivity index (χ1n) is 6.22. The molecule has 2 rings (SSSR count). The summed E-state index contributed by atoms with van der Waals surface area (Å²) in [5, 5.41) is 20.2. The highest BCUT2D eigenvalue weighted by Crippen LogP contribution is 2.21. The highest BCUT2D eigenvalue weighted by Gasteiger charge is 2.18. The molecule has 5 heteroatoms. The number of hydrogen-bond acceptors (Lipinski definition) is 4. The lowest BCUT2D eigenvalue weighted by Gasteiger charge is -2.17. The Morgan fingerprint density at radius 2 is 2.05 bits per heavy atom. The fraction of sp³-hybridized carbons (Fsp3) is 0.357. The summed E-state index contributed by atoms with van der Waals surface area (Å²) in [6.07, 6.45) is -1.65. The number of aryl methyl sites for hydroxylation is 1. The summed E-state index contributed by atoms with van der Waals surface area (Å²) >= 11 is 0. The number of rotatable bonds is 4. The van der Waals surface area contributed by atoms with Gasteiger partial charge in [-0.1, -0.05) is 6.07 Å². The van der Waals surface area contributed by atoms with E-state index in [4.69, 9.17) is 5.73 Å². The molecule has 102 valence electrons. The summed E-state index contributed by atoms with van der Waals surface area (Å²) in [5.74, 6) is 0. The monoisotopic (exact) mass is 262 g/mol. The van der Waals surface area contributed by atoms with Gasteiger partial charge in [0.15, 0.2) is 5.43 Å². The van der Waals surface area contributed by atoms with Crippen LogP contribution >= 0.6 is 0 Å². The van der Waals surface area contributed by atoms with Gasteiger partial charge in [0.05, 0.1) is 6.10 Å². The molecule has 5 nitrogen and oxygen atoms in total. The van der Waals surface area contributed by atoms with Crippen molar-refractivity contribution in [2.45, 2.75) is 25.6 Å². The van der Waals surface area contributed by atoms with Crippen LogP contribution in [0.5, 0.6) is 0 Å². The van der Waals surface area contributed by atoms with Gasteiger partial charge in [0.1, 0.15) is 6.10 Å². The third kappa shape index (κ3) is 2.84. The lowest BCUT2D eigenvalue weighted by atomic mass is 10.00. The third-order valence-electron chi connectivity index (χ3n) is 3.16. The molecule has 0 bridgehead atoms. The van der Waals surface area contributed by atoms with Gasteiger partial charge in [-0.05, 0) is 37.6 Å². The minimum Gasteiger partial charge on any atom is -0.390 e. The van der Waals surface area contributed by atoms with Crippen molar-refractivity contribution in [1.82, 2.24) is 4.98 Å². The molecule has 0 saturated carbocycles. The molecule has 0 aliphatic heterocycles. The Balaban J connectivity index is 2.44. The standard InChI is InChI=1S/C14H18N2O3/c1-8-6-13(18)10-7-9(2-3-11(10)16-8)14(19)12(17)4-5-15/h2-3,6-7,12,14,17,19H,4-5,15H2,1H3,(H,16,18). The van der Waals surface area contributed by atoms with Crippen molar-refractivity contribution in [1.29, 1.82) is 0 Å². The fourth-order valence-corrected chi connectivity index (χ4v) is 2.13. The Kier molecular flexibility index (Phi) is 3.99. The quantitative estimate of drug-likeness (QED) is 0.647. The predicted molar refractivity (Wildman–Crippen MR) is 73.9 cm³/mol. The zero-order valence-corrected chi connectivity index (χ0v) is 10.8. The van der Waals surface area contributed by atoms with Crippen molar-refractivity contribution in [2.24, 2.45) is 5.73 Å². The highest BCUT2D eigenvalue weighted by molar-refractivity contribution is 5.79. The second-order valence-electron chi connectivity index (χ2n) is 4.71. The topological polar surface area (TPSA) is 99.3 Å². The van der Waals surface area contributed by atoms with Crippen LogP contribution in [0.3, 0.4) is 0 Å². The number of aliphatic hydroxyl groups excluding tert-OH is 2. The van der Waals surface area contributed by atoms with Crippen molar-refractivity contribution < 1.29 is 10.2 Å². The molecule has 19 heavy (non-hydrogen) atoms. The molecular weight excluding hydrogens is 244 g/mol. The number of aromatic nitrogens is 1. The molecule has 1 aromatic heterocycles. The maximum atomic E-state index is 11.9. The molecule has 0 spiro atoms. The Morgan fingerprint density at radius 1 is 1.32 bits per heavy atom. The van der Waals surface area contributed by atoms with Crippen LogP contribution in [0, 0.1) is 6.92 Å². The molecule has 2 unspecified atom stereocenters. The van der Waals surface area contributed by atoms with Crippen molar-refractivity contribution in [3.05, 3.63) is 45.7 Å². The molecule has 0 fully saturated rings. The van der Waals surface area contributed by atoms with Gasteiger partial charge in [0.25, 0.3) is 0 Å². The number of hydrogen-bond donors (Lipinski definition) is 4. The smallest absolute Gasteiger partial charge is 0.189 e. The molecule has 1 aromatic carbocycles. The Hall–Kier alpha value is -1.69. The molecule has 2 aromatic rings. The second-order valence-corrected chi connectivity index (χ2v) is 4.71. The van der Waals surface area contributed by atoms with E-state index < -0.39 is 12.2 Å². The van der Waals surface area contributed by atoms with Crippen LogP contribution in [0.4, 0.5) is 0 Å². The first-order chi connectivity index (χ1) is 9.02. The van der Waals surface area contributed by atoms with Crippen LogP contribution in [0.2, 0.25) is 0 Å². The Morgan fingerprint density at radius 3 is 2.74 bits per heavy atom. The third-order valence-corrected chi connectivity index (χ3v) is 3.16. The van der Waals surface area contributed by atoms with Gasteiger partial charge in [0.2, 0.25) is 0 Å². The summed E-state index contributed by atoms with van der Waals surface area (Å²) in [7, 11) is 0. The molecule has 0 aliphatic rings. The summed E-state index contributed by atoms with van der Waals surface area (Å²) < 4.78 is 0. The van der Waals surface area contributed by atoms with Crippen LogP contribution in [0.25, 0.3) is 10.9 Å². The second kappa shape index (κ2) is 5.52. The SMILES string of the molecule is Cc1cc(=O)c2cc(C(O)C(O)CCN)ccc2[nH]1. The van der Waals surface area contributed by atoms with Crippen LogP contribution in [0.1, 0.15) is 23.8 Å². The summed E-state index contributed by atoms with van der Waals surface area (Å²) in [5.41, 5.74) is 7.27. The minimum absolute atomic E-state index is 0.103. The zero-order chi connectivity index (χ0) is 14.0. The average Bonchev–Trinajstić information content (AvgIpc) is 2.37. The van der Waals surface area contributed by atoms with Gasteiger partial charge < -0.3 is 20.9 Å². The first kappa shape index (κ1) is 13.7. The fourth-order valence-electron chi connectivity index (χ4n) is 2.13. The molecule has 5 N–H and O–H groups in total. The van der Waals surface area contributed by atoms with Gasteiger partial charge >= 0.3 is 0 Å². The van der Waals surface area contributed by atoms with E-state index in [1.165, 1.54) is 6.07 Å². The van der Waals surface area contributed by atoms with Crippen LogP contribution in [0.15, 0.2) is 29.1 Å². The average molecular weight is 262 g/mol. The van der Waals surface area contributed by atoms with Gasteiger partial charge in [-0.15, -0.1) is 0 Å². The number of H-pyrrole nitrogens is 1. The van der Waals surface area contributed by atoms with Gasteiger partial charge in [-0.25, -0.2) is 0 Å². The summed E-state index contributed by atoms with van der Waals surface area (Å²) in [4.78, 5) is 15.0. The number of benzene rings is 1. The normalized spacial score (nSPS) is 14.5. The van der Waals surface area contributed by atoms with Crippen molar-refractivity contribution >= 4 is 10.9 Å². The zero-order valence-electron chi connectivity index (χ0n) is 10.8. The lowest BCUT2D eigenvalue weighted by molar-refractivity contribution is 0.0151. The van der Waals surface area contributed by atoms with Crippen LogP contribution in [-0.2, 0) is 0 Å². The number of fused-ring (bicyclic) bond motifs is 1. The van der Waals surface area contributed by atoms with Crippen molar-refractivity contribution in [2.75, 3.05) is 6.54 Å². The number of aliphatic hydroxyl groups is 2. The van der Waals surface area contributed by atoms with E-state index in [0.717, 1.165) is 5.69 Å². The van der Waals surface area contributed by atoms with E-state index in [-0.39, 0.29) is 5.43 Å². The molecule has 0 aliphatic carbocycles. The first-order valence-corrected chi connectivity index (χ1v) is 6.22. The van der Waals surface area contributed by atoms with Crippen LogP contribution < -0.4 is 11.2 Å². The number of nitrogens with two attached hydrogens (primary N) is 1. The number of nitrogens with one attached hydrogen (secondary N) is 1. The van der Waals surface area contributed by atoms with Crippen LogP contribution in [-0.4, -0.2) is 27.8 Å². The molecule has 0 amide bonds. The lowest BCUT2D eigenvalue weighted by Crippen LogP contribution is -2.22. The van der Waals surface area contributed by atoms with E-state index in [0.29, 0.717) is 29.4 Å². The molecular formula is C14H18N2O3. The molecule has 0 radical (unpaired) electrons. The molecule has 1 heterocycles. The van der Waals surface area contributed by atoms with E-state index >= 15 is 0 Å². The molecule has 2 atom stereocenters. The van der Waals surface area contributed by atoms with Gasteiger partial charge in [-0.2, -0.15) is 0 Å². The summed E-state index contributed by atoms with van der Waals surface area (Å²) in [6, 6.07) is 6.55. The predicted octanol–water partition coefficient (Wildman–Crippen LogP) is 0.580. The largest absolute Gasteiger partial charge is 0.390 e. The molecule has 0 saturated heterocycles. The van der Waals surface area contributed by atoms with E-state index in [1.54, 1.807) is 18.2 Å². The van der Waals surface area contributed by atoms with Gasteiger partial charge in [0, 0.05) is 22.7 Å². The van der Waals surface area contributed by atoms with Crippen molar-refractivity contribution in [3.8, 4) is 0 Å².